The van der Waals surface area contributed by atoms with E-state index in [1.165, 1.54) is 0 Å². The van der Waals surface area contributed by atoms with E-state index in [0.717, 1.165) is 11.1 Å². The first-order chi connectivity index (χ1) is 9.55. The fourth-order valence-electron chi connectivity index (χ4n) is 3.57. The molecule has 2 aliphatic rings. The molecule has 5 heteroatoms. The average molecular weight is 295 g/mol. The quantitative estimate of drug-likeness (QED) is 0.917. The Morgan fingerprint density at radius 2 is 2.00 bits per heavy atom. The Hall–Kier alpha value is -0.910. The van der Waals surface area contributed by atoms with Crippen molar-refractivity contribution in [2.75, 3.05) is 13.7 Å². The van der Waals surface area contributed by atoms with E-state index in [1.807, 2.05) is 38.2 Å². The molecule has 110 valence electrons. The summed E-state index contributed by atoms with van der Waals surface area (Å²) in [5.41, 5.74) is 2.27. The summed E-state index contributed by atoms with van der Waals surface area (Å²) in [6, 6.07) is 7.90. The molecule has 1 saturated heterocycles. The van der Waals surface area contributed by atoms with Crippen molar-refractivity contribution in [1.82, 2.24) is 5.32 Å². The minimum absolute atomic E-state index is 0.107. The van der Waals surface area contributed by atoms with Gasteiger partial charge >= 0.3 is 0 Å². The highest BCUT2D eigenvalue weighted by molar-refractivity contribution is 7.92. The van der Waals surface area contributed by atoms with Gasteiger partial charge in [-0.25, -0.2) is 8.42 Å². The van der Waals surface area contributed by atoms with Crippen LogP contribution in [0.2, 0.25) is 0 Å². The van der Waals surface area contributed by atoms with Crippen molar-refractivity contribution in [3.05, 3.63) is 35.4 Å². The molecule has 4 nitrogen and oxygen atoms in total. The molecule has 1 aromatic rings. The molecule has 1 aliphatic heterocycles. The summed E-state index contributed by atoms with van der Waals surface area (Å²) < 4.78 is 31.4. The molecule has 0 amide bonds. The lowest BCUT2D eigenvalue weighted by atomic mass is 10.1. The van der Waals surface area contributed by atoms with Crippen LogP contribution in [0.25, 0.3) is 0 Å². The fourth-order valence-corrected chi connectivity index (χ4v) is 6.13. The van der Waals surface area contributed by atoms with Gasteiger partial charge in [0, 0.05) is 12.6 Å². The van der Waals surface area contributed by atoms with E-state index in [2.05, 4.69) is 5.32 Å². The lowest BCUT2D eigenvalue weighted by Gasteiger charge is -2.25. The third-order valence-corrected chi connectivity index (χ3v) is 7.39. The maximum atomic E-state index is 13.0. The van der Waals surface area contributed by atoms with Crippen molar-refractivity contribution in [3.63, 3.8) is 0 Å². The summed E-state index contributed by atoms with van der Waals surface area (Å²) in [4.78, 5) is 0. The SMILES string of the molecule is CNC1c2ccccc2CC1S(=O)(=O)C1CCOC1C. The van der Waals surface area contributed by atoms with Gasteiger partial charge in [-0.05, 0) is 37.9 Å². The van der Waals surface area contributed by atoms with Gasteiger partial charge < -0.3 is 10.1 Å². The van der Waals surface area contributed by atoms with Crippen LogP contribution in [0.1, 0.15) is 30.5 Å². The maximum Gasteiger partial charge on any atom is 0.160 e. The minimum atomic E-state index is -3.20. The number of ether oxygens (including phenoxy) is 1. The summed E-state index contributed by atoms with van der Waals surface area (Å²) in [5.74, 6) is 0. The van der Waals surface area contributed by atoms with E-state index in [0.29, 0.717) is 19.4 Å². The molecule has 0 radical (unpaired) electrons. The Morgan fingerprint density at radius 3 is 2.65 bits per heavy atom. The molecule has 1 heterocycles. The summed E-state index contributed by atoms with van der Waals surface area (Å²) in [6.45, 7) is 2.42. The van der Waals surface area contributed by atoms with E-state index in [9.17, 15) is 8.42 Å². The molecule has 0 bridgehead atoms. The van der Waals surface area contributed by atoms with Gasteiger partial charge in [-0.2, -0.15) is 0 Å². The van der Waals surface area contributed by atoms with Crippen molar-refractivity contribution < 1.29 is 13.2 Å². The molecule has 1 N–H and O–H groups in total. The molecule has 4 atom stereocenters. The largest absolute Gasteiger partial charge is 0.377 e. The van der Waals surface area contributed by atoms with Gasteiger partial charge in [0.1, 0.15) is 0 Å². The summed E-state index contributed by atoms with van der Waals surface area (Å²) in [5, 5.41) is 2.46. The number of fused-ring (bicyclic) bond motifs is 1. The molecule has 20 heavy (non-hydrogen) atoms. The first kappa shape index (κ1) is 14.0. The van der Waals surface area contributed by atoms with Crippen molar-refractivity contribution in [2.24, 2.45) is 0 Å². The Balaban J connectivity index is 1.95. The second-order valence-corrected chi connectivity index (χ2v) is 8.09. The maximum absolute atomic E-state index is 13.0. The summed E-state index contributed by atoms with van der Waals surface area (Å²) in [7, 11) is -1.37. The molecule has 0 aromatic heterocycles. The van der Waals surface area contributed by atoms with Gasteiger partial charge in [-0.1, -0.05) is 24.3 Å². The van der Waals surface area contributed by atoms with E-state index in [4.69, 9.17) is 4.74 Å². The van der Waals surface area contributed by atoms with Crippen molar-refractivity contribution in [3.8, 4) is 0 Å². The van der Waals surface area contributed by atoms with Crippen molar-refractivity contribution in [2.45, 2.75) is 42.4 Å². The number of benzene rings is 1. The Bertz CT molecular complexity index is 599. The molecule has 1 fully saturated rings. The topological polar surface area (TPSA) is 55.4 Å². The smallest absolute Gasteiger partial charge is 0.160 e. The van der Waals surface area contributed by atoms with Crippen molar-refractivity contribution >= 4 is 9.84 Å². The normalized spacial score (nSPS) is 33.3. The third-order valence-electron chi connectivity index (χ3n) is 4.64. The van der Waals surface area contributed by atoms with Crippen molar-refractivity contribution in [1.29, 1.82) is 0 Å². The summed E-state index contributed by atoms with van der Waals surface area (Å²) >= 11 is 0. The minimum Gasteiger partial charge on any atom is -0.377 e. The standard InChI is InChI=1S/C15H21NO3S/c1-10-13(7-8-19-10)20(17,18)14-9-11-5-3-4-6-12(11)15(14)16-2/h3-6,10,13-16H,7-9H2,1-2H3. The molecular weight excluding hydrogens is 274 g/mol. The monoisotopic (exact) mass is 295 g/mol. The highest BCUT2D eigenvalue weighted by Crippen LogP contribution is 2.38. The van der Waals surface area contributed by atoms with Gasteiger partial charge in [0.25, 0.3) is 0 Å². The molecule has 1 aromatic carbocycles. The lowest BCUT2D eigenvalue weighted by molar-refractivity contribution is 0.126. The average Bonchev–Trinajstić information content (AvgIpc) is 3.02. The number of rotatable bonds is 3. The first-order valence-electron chi connectivity index (χ1n) is 7.15. The predicted molar refractivity (Wildman–Crippen MR) is 78.5 cm³/mol. The Labute approximate surface area is 120 Å². The molecule has 4 unspecified atom stereocenters. The molecule has 0 spiro atoms. The van der Waals surface area contributed by atoms with Crippen LogP contribution in [-0.2, 0) is 21.0 Å². The molecular formula is C15H21NO3S. The van der Waals surface area contributed by atoms with Crippen LogP contribution < -0.4 is 5.32 Å². The van der Waals surface area contributed by atoms with Gasteiger partial charge in [0.15, 0.2) is 9.84 Å². The van der Waals surface area contributed by atoms with Gasteiger partial charge in [-0.15, -0.1) is 0 Å². The van der Waals surface area contributed by atoms with E-state index in [-0.39, 0.29) is 22.6 Å². The van der Waals surface area contributed by atoms with Crippen LogP contribution in [0.4, 0.5) is 0 Å². The predicted octanol–water partition coefficient (Wildman–Crippen LogP) is 1.46. The van der Waals surface area contributed by atoms with Crippen LogP contribution >= 0.6 is 0 Å². The molecule has 3 rings (SSSR count). The van der Waals surface area contributed by atoms with Gasteiger partial charge in [0.2, 0.25) is 0 Å². The van der Waals surface area contributed by atoms with E-state index >= 15 is 0 Å². The molecule has 1 aliphatic carbocycles. The first-order valence-corrected chi connectivity index (χ1v) is 8.76. The summed E-state index contributed by atoms with van der Waals surface area (Å²) in [6.07, 6.45) is 1.03. The van der Waals surface area contributed by atoms with Crippen LogP contribution in [0.3, 0.4) is 0 Å². The van der Waals surface area contributed by atoms with Gasteiger partial charge in [-0.3, -0.25) is 0 Å². The van der Waals surface area contributed by atoms with Crippen LogP contribution in [0.15, 0.2) is 24.3 Å². The zero-order valence-electron chi connectivity index (χ0n) is 11.9. The van der Waals surface area contributed by atoms with Crippen LogP contribution in [0, 0.1) is 0 Å². The van der Waals surface area contributed by atoms with Crippen LogP contribution in [0.5, 0.6) is 0 Å². The lowest BCUT2D eigenvalue weighted by Crippen LogP contribution is -2.41. The highest BCUT2D eigenvalue weighted by Gasteiger charge is 2.46. The number of nitrogens with one attached hydrogen (secondary N) is 1. The number of sulfone groups is 1. The highest BCUT2D eigenvalue weighted by atomic mass is 32.2. The Kier molecular flexibility index (Phi) is 3.60. The zero-order valence-corrected chi connectivity index (χ0v) is 12.7. The second kappa shape index (κ2) is 5.13. The van der Waals surface area contributed by atoms with E-state index in [1.54, 1.807) is 0 Å². The zero-order chi connectivity index (χ0) is 14.3. The number of hydrogen-bond donors (Lipinski definition) is 1. The number of hydrogen-bond acceptors (Lipinski definition) is 4. The third kappa shape index (κ3) is 2.08. The fraction of sp³-hybridized carbons (Fsp3) is 0.600. The molecule has 0 saturated carbocycles. The van der Waals surface area contributed by atoms with Crippen LogP contribution in [-0.4, -0.2) is 38.7 Å². The van der Waals surface area contributed by atoms with E-state index < -0.39 is 9.84 Å². The Morgan fingerprint density at radius 1 is 1.25 bits per heavy atom. The second-order valence-electron chi connectivity index (χ2n) is 5.70. The van der Waals surface area contributed by atoms with Gasteiger partial charge in [0.05, 0.1) is 16.6 Å².